The molecule has 0 saturated carbocycles. The largest absolute Gasteiger partial charge is 0.250 e. The fourth-order valence-corrected chi connectivity index (χ4v) is 2.77. The molecule has 2 aromatic rings. The maximum atomic E-state index is 3.17. The standard InChI is InChI=1S/C17H24N2/c1-3-4-10-17(19-12-11-18-14-19)15(2)13-16-8-6-5-7-9-16/h5-9,11-12,14-15,17H,3-4,10,13H2,1-2H3/p+1. The van der Waals surface area contributed by atoms with E-state index in [2.05, 4.69) is 66.3 Å². The number of unbranched alkanes of at least 4 members (excludes halogenated alkanes) is 1. The van der Waals surface area contributed by atoms with Crippen LogP contribution in [0.25, 0.3) is 0 Å². The molecule has 0 amide bonds. The molecular weight excluding hydrogens is 232 g/mol. The van der Waals surface area contributed by atoms with Crippen LogP contribution in [0.3, 0.4) is 0 Å². The summed E-state index contributed by atoms with van der Waals surface area (Å²) in [6.07, 6.45) is 11.2. The minimum absolute atomic E-state index is 0.589. The lowest BCUT2D eigenvalue weighted by Gasteiger charge is -2.21. The number of hydrogen-bond acceptors (Lipinski definition) is 0. The fraction of sp³-hybridized carbons (Fsp3) is 0.471. The van der Waals surface area contributed by atoms with Crippen LogP contribution in [0, 0.1) is 5.92 Å². The minimum Gasteiger partial charge on any atom is -0.250 e. The zero-order chi connectivity index (χ0) is 13.5. The zero-order valence-electron chi connectivity index (χ0n) is 12.0. The second-order valence-electron chi connectivity index (χ2n) is 5.44. The van der Waals surface area contributed by atoms with Crippen molar-refractivity contribution in [3.63, 3.8) is 0 Å². The van der Waals surface area contributed by atoms with Gasteiger partial charge >= 0.3 is 0 Å². The van der Waals surface area contributed by atoms with Crippen LogP contribution in [0.2, 0.25) is 0 Å². The number of nitrogens with zero attached hydrogens (tertiary/aromatic N) is 1. The second-order valence-corrected chi connectivity index (χ2v) is 5.44. The third-order valence-corrected chi connectivity index (χ3v) is 3.86. The molecule has 0 fully saturated rings. The topological polar surface area (TPSA) is 19.7 Å². The summed E-state index contributed by atoms with van der Waals surface area (Å²) in [6, 6.07) is 11.4. The van der Waals surface area contributed by atoms with Crippen molar-refractivity contribution in [1.29, 1.82) is 0 Å². The highest BCUT2D eigenvalue weighted by Crippen LogP contribution is 2.22. The quantitative estimate of drug-likeness (QED) is 0.726. The molecule has 2 nitrogen and oxygen atoms in total. The molecule has 0 spiro atoms. The Labute approximate surface area is 116 Å². The van der Waals surface area contributed by atoms with Gasteiger partial charge in [0.15, 0.2) is 0 Å². The van der Waals surface area contributed by atoms with Crippen molar-refractivity contribution in [3.05, 3.63) is 54.6 Å². The minimum atomic E-state index is 0.589. The summed E-state index contributed by atoms with van der Waals surface area (Å²) in [4.78, 5) is 3.17. The molecule has 2 unspecified atom stereocenters. The Morgan fingerprint density at radius 2 is 2.00 bits per heavy atom. The average molecular weight is 257 g/mol. The van der Waals surface area contributed by atoms with Crippen LogP contribution in [0.15, 0.2) is 49.1 Å². The summed E-state index contributed by atoms with van der Waals surface area (Å²) in [7, 11) is 0. The molecule has 1 aromatic heterocycles. The van der Waals surface area contributed by atoms with E-state index >= 15 is 0 Å². The molecule has 2 rings (SSSR count). The van der Waals surface area contributed by atoms with Crippen LogP contribution in [0.4, 0.5) is 0 Å². The van der Waals surface area contributed by atoms with Gasteiger partial charge in [-0.3, -0.25) is 4.98 Å². The van der Waals surface area contributed by atoms with Gasteiger partial charge in [-0.2, -0.15) is 0 Å². The van der Waals surface area contributed by atoms with Crippen molar-refractivity contribution in [2.75, 3.05) is 0 Å². The third-order valence-electron chi connectivity index (χ3n) is 3.86. The van der Waals surface area contributed by atoms with E-state index in [0.717, 1.165) is 6.42 Å². The summed E-state index contributed by atoms with van der Waals surface area (Å²) < 4.78 is 2.34. The van der Waals surface area contributed by atoms with Crippen LogP contribution >= 0.6 is 0 Å². The number of benzene rings is 1. The maximum Gasteiger partial charge on any atom is 0.241 e. The Bertz CT molecular complexity index is 447. The first-order valence-corrected chi connectivity index (χ1v) is 7.38. The molecule has 0 aliphatic heterocycles. The van der Waals surface area contributed by atoms with Crippen LogP contribution in [0.5, 0.6) is 0 Å². The number of aromatic amines is 1. The summed E-state index contributed by atoms with van der Waals surface area (Å²) in [6.45, 7) is 4.63. The zero-order valence-corrected chi connectivity index (χ0v) is 12.0. The lowest BCUT2D eigenvalue weighted by atomic mass is 9.90. The highest BCUT2D eigenvalue weighted by molar-refractivity contribution is 5.15. The van der Waals surface area contributed by atoms with Crippen molar-refractivity contribution in [2.24, 2.45) is 5.92 Å². The summed E-state index contributed by atoms with van der Waals surface area (Å²) in [5.74, 6) is 0.648. The summed E-state index contributed by atoms with van der Waals surface area (Å²) >= 11 is 0. The second kappa shape index (κ2) is 7.13. The Hall–Kier alpha value is -1.57. The Morgan fingerprint density at radius 3 is 2.63 bits per heavy atom. The predicted molar refractivity (Wildman–Crippen MR) is 78.9 cm³/mol. The molecule has 2 atom stereocenters. The number of rotatable bonds is 7. The summed E-state index contributed by atoms with van der Waals surface area (Å²) in [5, 5.41) is 0. The molecule has 102 valence electrons. The van der Waals surface area contributed by atoms with Crippen molar-refractivity contribution in [3.8, 4) is 0 Å². The van der Waals surface area contributed by atoms with Crippen LogP contribution in [0.1, 0.15) is 44.7 Å². The Morgan fingerprint density at radius 1 is 1.21 bits per heavy atom. The van der Waals surface area contributed by atoms with Crippen LogP contribution in [-0.4, -0.2) is 4.98 Å². The molecular formula is C17H25N2+. The molecule has 0 aliphatic carbocycles. The molecule has 0 saturated heterocycles. The van der Waals surface area contributed by atoms with Crippen molar-refractivity contribution < 1.29 is 4.57 Å². The first-order chi connectivity index (χ1) is 9.31. The van der Waals surface area contributed by atoms with E-state index in [-0.39, 0.29) is 0 Å². The predicted octanol–water partition coefficient (Wildman–Crippen LogP) is 3.91. The monoisotopic (exact) mass is 257 g/mol. The lowest BCUT2D eigenvalue weighted by molar-refractivity contribution is -0.729. The van der Waals surface area contributed by atoms with E-state index in [1.807, 2.05) is 6.20 Å². The lowest BCUT2D eigenvalue weighted by Crippen LogP contribution is -2.41. The van der Waals surface area contributed by atoms with Gasteiger partial charge < -0.3 is 0 Å². The van der Waals surface area contributed by atoms with E-state index in [9.17, 15) is 0 Å². The van der Waals surface area contributed by atoms with E-state index in [4.69, 9.17) is 0 Å². The van der Waals surface area contributed by atoms with Gasteiger partial charge in [0.25, 0.3) is 0 Å². The Balaban J connectivity index is 2.05. The van der Waals surface area contributed by atoms with Gasteiger partial charge in [0.2, 0.25) is 6.33 Å². The fourth-order valence-electron chi connectivity index (χ4n) is 2.77. The maximum absolute atomic E-state index is 3.17. The number of H-pyrrole nitrogens is 1. The van der Waals surface area contributed by atoms with Crippen LogP contribution < -0.4 is 4.57 Å². The van der Waals surface area contributed by atoms with Gasteiger partial charge in [-0.25, -0.2) is 4.57 Å². The summed E-state index contributed by atoms with van der Waals surface area (Å²) in [5.41, 5.74) is 1.44. The van der Waals surface area contributed by atoms with Gasteiger partial charge in [-0.05, 0) is 24.8 Å². The molecule has 0 bridgehead atoms. The van der Waals surface area contributed by atoms with Gasteiger partial charge in [0.05, 0.1) is 0 Å². The van der Waals surface area contributed by atoms with Crippen LogP contribution in [-0.2, 0) is 6.42 Å². The van der Waals surface area contributed by atoms with E-state index in [0.29, 0.717) is 12.0 Å². The third kappa shape index (κ3) is 3.95. The van der Waals surface area contributed by atoms with E-state index in [1.54, 1.807) is 0 Å². The van der Waals surface area contributed by atoms with Gasteiger partial charge in [0, 0.05) is 5.92 Å². The molecule has 0 aliphatic rings. The molecule has 19 heavy (non-hydrogen) atoms. The van der Waals surface area contributed by atoms with E-state index < -0.39 is 0 Å². The SMILES string of the molecule is CCCCC(C(C)Cc1ccccc1)[n+]1cc[nH]c1. The normalized spacial score (nSPS) is 14.2. The molecule has 2 heteroatoms. The van der Waals surface area contributed by atoms with Crippen molar-refractivity contribution >= 4 is 0 Å². The number of aromatic nitrogens is 2. The van der Waals surface area contributed by atoms with Gasteiger partial charge in [-0.1, -0.05) is 50.6 Å². The van der Waals surface area contributed by atoms with Crippen molar-refractivity contribution in [1.82, 2.24) is 4.98 Å². The first-order valence-electron chi connectivity index (χ1n) is 7.38. The highest BCUT2D eigenvalue weighted by Gasteiger charge is 2.22. The smallest absolute Gasteiger partial charge is 0.241 e. The number of imidazole rings is 1. The number of hydrogen-bond donors (Lipinski definition) is 1. The number of nitrogens with one attached hydrogen (secondary N) is 1. The molecule has 1 heterocycles. The highest BCUT2D eigenvalue weighted by atomic mass is 15.1. The molecule has 1 N–H and O–H groups in total. The molecule has 1 aromatic carbocycles. The van der Waals surface area contributed by atoms with Gasteiger partial charge in [-0.15, -0.1) is 0 Å². The van der Waals surface area contributed by atoms with Gasteiger partial charge in [0.1, 0.15) is 18.4 Å². The van der Waals surface area contributed by atoms with E-state index in [1.165, 1.54) is 24.8 Å². The van der Waals surface area contributed by atoms with Crippen molar-refractivity contribution in [2.45, 2.75) is 45.6 Å². The average Bonchev–Trinajstić information content (AvgIpc) is 2.94. The molecule has 0 radical (unpaired) electrons. The Kier molecular flexibility index (Phi) is 5.20. The first kappa shape index (κ1) is 13.9.